The van der Waals surface area contributed by atoms with Crippen LogP contribution in [0.2, 0.25) is 0 Å². The monoisotopic (exact) mass is 491 g/mol. The fraction of sp³-hybridized carbons (Fsp3) is 0.259. The lowest BCUT2D eigenvalue weighted by Gasteiger charge is -2.25. The minimum atomic E-state index is -3.82. The fourth-order valence-electron chi connectivity index (χ4n) is 3.75. The van der Waals surface area contributed by atoms with Gasteiger partial charge in [0.2, 0.25) is 0 Å². The molecule has 1 heterocycles. The van der Waals surface area contributed by atoms with E-state index >= 15 is 0 Å². The highest BCUT2D eigenvalue weighted by molar-refractivity contribution is 7.90. The molecule has 0 fully saturated rings. The van der Waals surface area contributed by atoms with Crippen molar-refractivity contribution in [2.24, 2.45) is 0 Å². The Balaban J connectivity index is 1.70. The number of amides is 1. The number of benzene rings is 3. The first-order chi connectivity index (χ1) is 16.3. The molecule has 0 spiro atoms. The summed E-state index contributed by atoms with van der Waals surface area (Å²) < 4.78 is 32.9. The van der Waals surface area contributed by atoms with Crippen LogP contribution in [-0.4, -0.2) is 36.3 Å². The van der Waals surface area contributed by atoms with Gasteiger partial charge in [0.05, 0.1) is 16.6 Å². The molecule has 35 heavy (non-hydrogen) atoms. The van der Waals surface area contributed by atoms with Crippen molar-refractivity contribution in [3.63, 3.8) is 0 Å². The van der Waals surface area contributed by atoms with Crippen LogP contribution in [0.25, 0.3) is 22.0 Å². The maximum absolute atomic E-state index is 13.2. The van der Waals surface area contributed by atoms with Gasteiger partial charge < -0.3 is 4.74 Å². The van der Waals surface area contributed by atoms with Crippen LogP contribution in [0, 0.1) is 13.8 Å². The molecule has 4 rings (SSSR count). The van der Waals surface area contributed by atoms with E-state index in [9.17, 15) is 13.2 Å². The smallest absolute Gasteiger partial charge is 0.414 e. The van der Waals surface area contributed by atoms with E-state index in [1.54, 1.807) is 43.6 Å². The van der Waals surface area contributed by atoms with Gasteiger partial charge in [0, 0.05) is 18.1 Å². The van der Waals surface area contributed by atoms with E-state index in [2.05, 4.69) is 5.10 Å². The maximum Gasteiger partial charge on any atom is 0.414 e. The van der Waals surface area contributed by atoms with Gasteiger partial charge in [0.25, 0.3) is 10.0 Å². The summed E-state index contributed by atoms with van der Waals surface area (Å²) in [4.78, 5) is 14.2. The number of aryl methyl sites for hydroxylation is 2. The van der Waals surface area contributed by atoms with Gasteiger partial charge in [-0.2, -0.15) is 17.6 Å². The van der Waals surface area contributed by atoms with E-state index in [1.165, 1.54) is 4.90 Å². The maximum atomic E-state index is 13.2. The second-order valence-corrected chi connectivity index (χ2v) is 11.4. The molecular formula is C27H29N3O4S. The molecule has 4 aromatic rings. The first-order valence-electron chi connectivity index (χ1n) is 11.2. The summed E-state index contributed by atoms with van der Waals surface area (Å²) in [6.45, 7) is 9.35. The summed E-state index contributed by atoms with van der Waals surface area (Å²) in [5, 5.41) is 4.88. The predicted molar refractivity (Wildman–Crippen MR) is 138 cm³/mol. The van der Waals surface area contributed by atoms with Gasteiger partial charge in [-0.25, -0.2) is 4.79 Å². The average Bonchev–Trinajstić information content (AvgIpc) is 3.21. The number of carbonyl (C=O) groups is 1. The van der Waals surface area contributed by atoms with Crippen molar-refractivity contribution in [3.8, 4) is 11.1 Å². The van der Waals surface area contributed by atoms with Crippen LogP contribution in [0.15, 0.2) is 71.8 Å². The first-order valence-corrected chi connectivity index (χ1v) is 12.7. The van der Waals surface area contributed by atoms with Crippen molar-refractivity contribution < 1.29 is 17.9 Å². The molecule has 1 aromatic heterocycles. The van der Waals surface area contributed by atoms with Gasteiger partial charge in [0.15, 0.2) is 0 Å². The number of ether oxygens (including phenoxy) is 1. The Bertz CT molecular complexity index is 1510. The molecule has 0 saturated carbocycles. The molecule has 0 aliphatic carbocycles. The van der Waals surface area contributed by atoms with Gasteiger partial charge in [0.1, 0.15) is 5.60 Å². The first kappa shape index (κ1) is 24.5. The molecule has 3 aromatic carbocycles. The van der Waals surface area contributed by atoms with Crippen LogP contribution >= 0.6 is 0 Å². The summed E-state index contributed by atoms with van der Waals surface area (Å²) in [6.07, 6.45) is 1.11. The van der Waals surface area contributed by atoms with Crippen LogP contribution in [0.5, 0.6) is 0 Å². The molecule has 0 bridgehead atoms. The third kappa shape index (κ3) is 5.07. The van der Waals surface area contributed by atoms with Gasteiger partial charge in [-0.15, -0.1) is 0 Å². The molecule has 0 saturated heterocycles. The largest absolute Gasteiger partial charge is 0.443 e. The highest BCUT2D eigenvalue weighted by Gasteiger charge is 2.22. The molecule has 7 nitrogen and oxygen atoms in total. The second kappa shape index (κ2) is 8.85. The third-order valence-electron chi connectivity index (χ3n) is 5.53. The van der Waals surface area contributed by atoms with Crippen molar-refractivity contribution in [2.45, 2.75) is 45.1 Å². The average molecular weight is 492 g/mol. The molecule has 8 heteroatoms. The summed E-state index contributed by atoms with van der Waals surface area (Å²) in [6, 6.07) is 18.0. The van der Waals surface area contributed by atoms with Crippen LogP contribution in [0.4, 0.5) is 10.5 Å². The molecule has 0 unspecified atom stereocenters. The molecule has 0 aliphatic rings. The number of hydrogen-bond donors (Lipinski definition) is 0. The molecular weight excluding hydrogens is 462 g/mol. The van der Waals surface area contributed by atoms with Crippen molar-refractivity contribution in [3.05, 3.63) is 78.0 Å². The molecule has 0 aliphatic heterocycles. The number of anilines is 1. The van der Waals surface area contributed by atoms with Crippen LogP contribution in [0.3, 0.4) is 0 Å². The minimum Gasteiger partial charge on any atom is -0.443 e. The molecule has 0 radical (unpaired) electrons. The number of hydrogen-bond acceptors (Lipinski definition) is 5. The van der Waals surface area contributed by atoms with Crippen LogP contribution in [-0.2, 0) is 14.8 Å². The Morgan fingerprint density at radius 3 is 2.26 bits per heavy atom. The quantitative estimate of drug-likeness (QED) is 0.353. The lowest BCUT2D eigenvalue weighted by atomic mass is 10.0. The fourth-order valence-corrected chi connectivity index (χ4v) is 5.03. The van der Waals surface area contributed by atoms with Crippen molar-refractivity contribution >= 4 is 32.7 Å². The summed E-state index contributed by atoms with van der Waals surface area (Å²) >= 11 is 0. The van der Waals surface area contributed by atoms with E-state index in [0.717, 1.165) is 26.3 Å². The summed E-state index contributed by atoms with van der Waals surface area (Å²) in [7, 11) is -2.14. The Hall–Kier alpha value is -3.65. The number of rotatable bonds is 4. The summed E-state index contributed by atoms with van der Waals surface area (Å²) in [5.41, 5.74) is 4.33. The molecule has 182 valence electrons. The Kier molecular flexibility index (Phi) is 6.19. The second-order valence-electron chi connectivity index (χ2n) is 9.68. The lowest BCUT2D eigenvalue weighted by molar-refractivity contribution is 0.0589. The van der Waals surface area contributed by atoms with Crippen molar-refractivity contribution in [1.29, 1.82) is 0 Å². The van der Waals surface area contributed by atoms with Gasteiger partial charge in [-0.1, -0.05) is 29.8 Å². The standard InChI is InChI=1S/C27H29N3O4S/c1-18-7-10-24(11-8-18)35(32,33)30-25-12-9-20(15-22(25)17-28-30)21-13-19(2)14-23(16-21)29(6)26(31)34-27(3,4)5/h7-17H,1-6H3. The number of nitrogens with zero attached hydrogens (tertiary/aromatic N) is 3. The zero-order chi connectivity index (χ0) is 25.5. The van der Waals surface area contributed by atoms with E-state index < -0.39 is 21.7 Å². The van der Waals surface area contributed by atoms with E-state index in [1.807, 2.05) is 65.0 Å². The SMILES string of the molecule is Cc1ccc(S(=O)(=O)n2ncc3cc(-c4cc(C)cc(N(C)C(=O)OC(C)(C)C)c4)ccc32)cc1. The van der Waals surface area contributed by atoms with Crippen LogP contribution in [0.1, 0.15) is 31.9 Å². The highest BCUT2D eigenvalue weighted by atomic mass is 32.2. The van der Waals surface area contributed by atoms with Crippen molar-refractivity contribution in [1.82, 2.24) is 9.19 Å². The Morgan fingerprint density at radius 2 is 1.60 bits per heavy atom. The summed E-state index contributed by atoms with van der Waals surface area (Å²) in [5.74, 6) is 0. The number of fused-ring (bicyclic) bond motifs is 1. The van der Waals surface area contributed by atoms with Crippen molar-refractivity contribution in [2.75, 3.05) is 11.9 Å². The normalized spacial score (nSPS) is 12.1. The molecule has 0 atom stereocenters. The highest BCUT2D eigenvalue weighted by Crippen LogP contribution is 2.30. The van der Waals surface area contributed by atoms with Gasteiger partial charge in [-0.05, 0) is 87.7 Å². The molecule has 0 N–H and O–H groups in total. The van der Waals surface area contributed by atoms with Gasteiger partial charge in [-0.3, -0.25) is 4.90 Å². The van der Waals surface area contributed by atoms with E-state index in [0.29, 0.717) is 16.6 Å². The van der Waals surface area contributed by atoms with E-state index in [-0.39, 0.29) is 4.90 Å². The Morgan fingerprint density at radius 1 is 0.914 bits per heavy atom. The number of aromatic nitrogens is 2. The minimum absolute atomic E-state index is 0.186. The third-order valence-corrected chi connectivity index (χ3v) is 7.15. The Labute approximate surface area is 206 Å². The zero-order valence-electron chi connectivity index (χ0n) is 20.7. The topological polar surface area (TPSA) is 81.5 Å². The van der Waals surface area contributed by atoms with Gasteiger partial charge >= 0.3 is 6.09 Å². The number of carbonyl (C=O) groups excluding carboxylic acids is 1. The van der Waals surface area contributed by atoms with Crippen LogP contribution < -0.4 is 4.90 Å². The zero-order valence-corrected chi connectivity index (χ0v) is 21.6. The molecule has 1 amide bonds. The van der Waals surface area contributed by atoms with E-state index in [4.69, 9.17) is 4.74 Å². The predicted octanol–water partition coefficient (Wildman–Crippen LogP) is 5.93. The lowest BCUT2D eigenvalue weighted by Crippen LogP contribution is -2.34.